The minimum atomic E-state index is -0.670. The molecule has 0 heterocycles. The van der Waals surface area contributed by atoms with Gasteiger partial charge in [-0.15, -0.1) is 0 Å². The maximum atomic E-state index is 2.57. The summed E-state index contributed by atoms with van der Waals surface area (Å²) in [5, 5.41) is 6.10. The molecule has 4 aromatic carbocycles. The molecule has 0 atom stereocenters. The molecule has 0 aliphatic heterocycles. The largest absolute Gasteiger partial charge is 0.0613 e. The van der Waals surface area contributed by atoms with Gasteiger partial charge in [0.1, 0.15) is 0 Å². The molecule has 0 bridgehead atoms. The second-order valence-corrected chi connectivity index (χ2v) is 16.9. The van der Waals surface area contributed by atoms with Crippen LogP contribution in [0.25, 0.3) is 0 Å². The maximum absolute atomic E-state index is 2.57. The first-order chi connectivity index (χ1) is 17.5. The van der Waals surface area contributed by atoms with Crippen molar-refractivity contribution in [3.05, 3.63) is 117 Å². The quantitative estimate of drug-likeness (QED) is 0.222. The molecule has 0 fully saturated rings. The summed E-state index contributed by atoms with van der Waals surface area (Å²) in [6.07, 6.45) is 0. The van der Waals surface area contributed by atoms with Crippen molar-refractivity contribution in [3.63, 3.8) is 0 Å². The topological polar surface area (TPSA) is 0 Å². The van der Waals surface area contributed by atoms with Crippen LogP contribution in [0.15, 0.2) is 72.8 Å². The molecule has 0 amide bonds. The maximum Gasteiger partial charge on any atom is 0.0211 e. The molecule has 4 rings (SSSR count). The van der Waals surface area contributed by atoms with E-state index in [2.05, 4.69) is 142 Å². The van der Waals surface area contributed by atoms with Crippen molar-refractivity contribution in [1.29, 1.82) is 0 Å². The first-order valence-electron chi connectivity index (χ1n) is 13.3. The predicted molar refractivity (Wildman–Crippen MR) is 170 cm³/mol. The molecule has 0 aromatic heterocycles. The van der Waals surface area contributed by atoms with E-state index in [0.717, 1.165) is 0 Å². The van der Waals surface area contributed by atoms with E-state index in [0.29, 0.717) is 0 Å². The standard InChI is InChI=1S/C35H42P2/c1-23-15-11-19-31(27(23)5)36(32-20-12-16-24(2)28(32)6)35(9,10)37(33-21-13-17-25(3)29(33)7)34-22-14-18-26(4)30(34)8/h11-22H,1-10H3. The zero-order valence-corrected chi connectivity index (χ0v) is 26.1. The van der Waals surface area contributed by atoms with E-state index >= 15 is 0 Å². The van der Waals surface area contributed by atoms with Gasteiger partial charge in [-0.25, -0.2) is 0 Å². The van der Waals surface area contributed by atoms with Gasteiger partial charge in [-0.2, -0.15) is 0 Å². The third-order valence-electron chi connectivity index (χ3n) is 8.36. The van der Waals surface area contributed by atoms with E-state index in [1.54, 1.807) is 0 Å². The third kappa shape index (κ3) is 5.09. The minimum Gasteiger partial charge on any atom is -0.0613 e. The van der Waals surface area contributed by atoms with Gasteiger partial charge in [-0.1, -0.05) is 86.6 Å². The van der Waals surface area contributed by atoms with Crippen LogP contribution in [0, 0.1) is 55.4 Å². The summed E-state index contributed by atoms with van der Waals surface area (Å²) in [6.45, 7) is 23.5. The van der Waals surface area contributed by atoms with Gasteiger partial charge in [-0.05, 0) is 137 Å². The zero-order chi connectivity index (χ0) is 27.1. The highest BCUT2D eigenvalue weighted by Gasteiger charge is 2.43. The Kier molecular flexibility index (Phi) is 8.14. The third-order valence-corrected chi connectivity index (χ3v) is 15.6. The van der Waals surface area contributed by atoms with Crippen LogP contribution < -0.4 is 21.2 Å². The van der Waals surface area contributed by atoms with E-state index < -0.39 is 15.8 Å². The van der Waals surface area contributed by atoms with Gasteiger partial charge in [0.15, 0.2) is 0 Å². The molecular weight excluding hydrogens is 482 g/mol. The molecule has 0 saturated heterocycles. The van der Waals surface area contributed by atoms with Crippen LogP contribution >= 0.6 is 15.8 Å². The van der Waals surface area contributed by atoms with Crippen molar-refractivity contribution in [3.8, 4) is 0 Å². The lowest BCUT2D eigenvalue weighted by atomic mass is 10.1. The molecule has 0 saturated carbocycles. The Morgan fingerprint density at radius 3 is 0.811 bits per heavy atom. The molecule has 192 valence electrons. The second kappa shape index (κ2) is 10.8. The Labute approximate surface area is 228 Å². The average molecular weight is 525 g/mol. The van der Waals surface area contributed by atoms with Crippen molar-refractivity contribution in [2.24, 2.45) is 0 Å². The average Bonchev–Trinajstić information content (AvgIpc) is 2.85. The van der Waals surface area contributed by atoms with Gasteiger partial charge in [0, 0.05) is 4.90 Å². The van der Waals surface area contributed by atoms with Crippen molar-refractivity contribution < 1.29 is 0 Å². The van der Waals surface area contributed by atoms with Gasteiger partial charge in [0.2, 0.25) is 0 Å². The Bertz CT molecular complexity index is 1230. The van der Waals surface area contributed by atoms with Gasteiger partial charge < -0.3 is 0 Å². The SMILES string of the molecule is Cc1cccc(P(c2cccc(C)c2C)C(C)(C)P(c2cccc(C)c2C)c2cccc(C)c2C)c1C. The fourth-order valence-electron chi connectivity index (χ4n) is 5.45. The van der Waals surface area contributed by atoms with Crippen LogP contribution in [0.1, 0.15) is 58.4 Å². The summed E-state index contributed by atoms with van der Waals surface area (Å²) < 4.78 is 0. The van der Waals surface area contributed by atoms with E-state index in [4.69, 9.17) is 0 Å². The molecule has 0 N–H and O–H groups in total. The van der Waals surface area contributed by atoms with Crippen LogP contribution in [0.5, 0.6) is 0 Å². The first kappa shape index (κ1) is 27.8. The number of rotatable bonds is 6. The Morgan fingerprint density at radius 1 is 0.378 bits per heavy atom. The normalized spacial score (nSPS) is 12.0. The molecule has 0 aliphatic carbocycles. The summed E-state index contributed by atoms with van der Waals surface area (Å²) in [5.41, 5.74) is 11.3. The van der Waals surface area contributed by atoms with Gasteiger partial charge >= 0.3 is 0 Å². The molecule has 0 nitrogen and oxygen atoms in total. The summed E-state index contributed by atoms with van der Waals surface area (Å²) in [7, 11) is -1.34. The lowest BCUT2D eigenvalue weighted by molar-refractivity contribution is 1.00. The van der Waals surface area contributed by atoms with E-state index in [1.165, 1.54) is 65.7 Å². The second-order valence-electron chi connectivity index (χ2n) is 11.0. The van der Waals surface area contributed by atoms with Crippen LogP contribution in [0.4, 0.5) is 0 Å². The fourth-order valence-corrected chi connectivity index (χ4v) is 13.4. The van der Waals surface area contributed by atoms with E-state index in [1.807, 2.05) is 0 Å². The van der Waals surface area contributed by atoms with Gasteiger partial charge in [-0.3, -0.25) is 0 Å². The van der Waals surface area contributed by atoms with Gasteiger partial charge in [0.05, 0.1) is 0 Å². The van der Waals surface area contributed by atoms with Gasteiger partial charge in [0.25, 0.3) is 0 Å². The highest BCUT2D eigenvalue weighted by atomic mass is 31.2. The first-order valence-corrected chi connectivity index (χ1v) is 16.0. The highest BCUT2D eigenvalue weighted by Crippen LogP contribution is 2.66. The summed E-state index contributed by atoms with van der Waals surface area (Å²) in [5.74, 6) is 0. The summed E-state index contributed by atoms with van der Waals surface area (Å²) >= 11 is 0. The van der Waals surface area contributed by atoms with Crippen LogP contribution in [0.3, 0.4) is 0 Å². The molecule has 4 aromatic rings. The summed E-state index contributed by atoms with van der Waals surface area (Å²) in [4.78, 5) is 0.0128. The number of aryl methyl sites for hydroxylation is 4. The Balaban J connectivity index is 2.11. The Morgan fingerprint density at radius 2 is 0.595 bits per heavy atom. The lowest BCUT2D eigenvalue weighted by Gasteiger charge is -2.45. The Hall–Kier alpha value is -2.26. The molecule has 0 unspecified atom stereocenters. The number of hydrogen-bond acceptors (Lipinski definition) is 0. The molecule has 0 radical (unpaired) electrons. The van der Waals surface area contributed by atoms with Crippen molar-refractivity contribution >= 4 is 37.1 Å². The van der Waals surface area contributed by atoms with E-state index in [9.17, 15) is 0 Å². The smallest absolute Gasteiger partial charge is 0.0211 e. The fraction of sp³-hybridized carbons (Fsp3) is 0.314. The van der Waals surface area contributed by atoms with Crippen molar-refractivity contribution in [1.82, 2.24) is 0 Å². The molecule has 0 aliphatic rings. The van der Waals surface area contributed by atoms with E-state index in [-0.39, 0.29) is 4.90 Å². The molecule has 0 spiro atoms. The van der Waals surface area contributed by atoms with Crippen molar-refractivity contribution in [2.75, 3.05) is 0 Å². The molecule has 2 heteroatoms. The lowest BCUT2D eigenvalue weighted by Crippen LogP contribution is -2.37. The molecular formula is C35H42P2. The zero-order valence-electron chi connectivity index (χ0n) is 24.3. The highest BCUT2D eigenvalue weighted by molar-refractivity contribution is 7.91. The minimum absolute atomic E-state index is 0.0128. The van der Waals surface area contributed by atoms with Crippen LogP contribution in [-0.2, 0) is 0 Å². The molecule has 37 heavy (non-hydrogen) atoms. The number of hydrogen-bond donors (Lipinski definition) is 0. The number of benzene rings is 4. The summed E-state index contributed by atoms with van der Waals surface area (Å²) in [6, 6.07) is 27.8. The van der Waals surface area contributed by atoms with Crippen LogP contribution in [0.2, 0.25) is 0 Å². The van der Waals surface area contributed by atoms with Crippen LogP contribution in [-0.4, -0.2) is 4.90 Å². The van der Waals surface area contributed by atoms with Crippen molar-refractivity contribution in [2.45, 2.75) is 74.1 Å². The predicted octanol–water partition coefficient (Wildman–Crippen LogP) is 8.46. The monoisotopic (exact) mass is 524 g/mol.